The Bertz CT molecular complexity index is 429. The van der Waals surface area contributed by atoms with Gasteiger partial charge in [0.25, 0.3) is 0 Å². The molecule has 1 aromatic heterocycles. The molecule has 4 nitrogen and oxygen atoms in total. The number of guanidine groups is 1. The molecule has 0 saturated heterocycles. The minimum Gasteiger partial charge on any atom is -0.356 e. The topological polar surface area (TPSA) is 49.3 Å². The zero-order chi connectivity index (χ0) is 15.0. The van der Waals surface area contributed by atoms with E-state index in [9.17, 15) is 0 Å². The lowest BCUT2D eigenvalue weighted by atomic mass is 10.1. The largest absolute Gasteiger partial charge is 0.356 e. The van der Waals surface area contributed by atoms with Gasteiger partial charge < -0.3 is 10.6 Å². The zero-order valence-electron chi connectivity index (χ0n) is 13.8. The second-order valence-corrected chi connectivity index (χ2v) is 6.74. The Morgan fingerprint density at radius 1 is 1.24 bits per heavy atom. The summed E-state index contributed by atoms with van der Waals surface area (Å²) in [5.41, 5.74) is 1.16. The van der Waals surface area contributed by atoms with E-state index in [-0.39, 0.29) is 24.0 Å². The van der Waals surface area contributed by atoms with E-state index in [0.717, 1.165) is 42.1 Å². The summed E-state index contributed by atoms with van der Waals surface area (Å²) >= 11 is 1.79. The fourth-order valence-electron chi connectivity index (χ4n) is 2.04. The van der Waals surface area contributed by atoms with Crippen LogP contribution in [0.4, 0.5) is 0 Å². The van der Waals surface area contributed by atoms with Gasteiger partial charge in [-0.1, -0.05) is 13.8 Å². The third-order valence-corrected chi connectivity index (χ3v) is 4.25. The van der Waals surface area contributed by atoms with Crippen molar-refractivity contribution in [2.75, 3.05) is 20.1 Å². The van der Waals surface area contributed by atoms with Crippen LogP contribution in [0.25, 0.3) is 0 Å². The highest BCUT2D eigenvalue weighted by Gasteiger charge is 2.05. The van der Waals surface area contributed by atoms with Crippen molar-refractivity contribution in [3.05, 3.63) is 15.6 Å². The number of aromatic nitrogens is 1. The third-order valence-electron chi connectivity index (χ3n) is 3.12. The number of nitrogens with zero attached hydrogens (tertiary/aromatic N) is 2. The van der Waals surface area contributed by atoms with Crippen molar-refractivity contribution in [2.24, 2.45) is 10.9 Å². The van der Waals surface area contributed by atoms with Crippen LogP contribution in [0.1, 0.15) is 42.3 Å². The number of rotatable bonds is 7. The standard InChI is InChI=1S/C15H28N4S.HI/c1-11(2)7-6-9-17-15(16-5)18-10-8-14-12(3)19-13(4)20-14;/h11H,6-10H2,1-5H3,(H2,16,17,18);1H. The SMILES string of the molecule is CN=C(NCCCC(C)C)NCCc1sc(C)nc1C.I. The molecule has 0 aliphatic carbocycles. The van der Waals surface area contributed by atoms with Crippen molar-refractivity contribution >= 4 is 41.3 Å². The molecule has 0 bridgehead atoms. The Morgan fingerprint density at radius 2 is 1.90 bits per heavy atom. The lowest BCUT2D eigenvalue weighted by molar-refractivity contribution is 0.549. The highest BCUT2D eigenvalue weighted by atomic mass is 127. The highest BCUT2D eigenvalue weighted by molar-refractivity contribution is 14.0. The molecule has 0 radical (unpaired) electrons. The van der Waals surface area contributed by atoms with E-state index in [4.69, 9.17) is 0 Å². The lowest BCUT2D eigenvalue weighted by Gasteiger charge is -2.12. The summed E-state index contributed by atoms with van der Waals surface area (Å²) in [7, 11) is 1.82. The average Bonchev–Trinajstić information content (AvgIpc) is 2.70. The van der Waals surface area contributed by atoms with E-state index in [1.54, 1.807) is 11.3 Å². The molecule has 1 rings (SSSR count). The maximum Gasteiger partial charge on any atom is 0.190 e. The Morgan fingerprint density at radius 3 is 2.43 bits per heavy atom. The van der Waals surface area contributed by atoms with Gasteiger partial charge in [0.05, 0.1) is 10.7 Å². The fraction of sp³-hybridized carbons (Fsp3) is 0.733. The van der Waals surface area contributed by atoms with Crippen molar-refractivity contribution in [3.8, 4) is 0 Å². The van der Waals surface area contributed by atoms with E-state index >= 15 is 0 Å². The fourth-order valence-corrected chi connectivity index (χ4v) is 2.97. The minimum absolute atomic E-state index is 0. The first-order valence-electron chi connectivity index (χ1n) is 7.40. The first kappa shape index (κ1) is 20.6. The summed E-state index contributed by atoms with van der Waals surface area (Å²) in [6, 6.07) is 0. The molecule has 0 unspecified atom stereocenters. The van der Waals surface area contributed by atoms with Gasteiger partial charge in [-0.15, -0.1) is 35.3 Å². The molecule has 0 amide bonds. The van der Waals surface area contributed by atoms with Crippen LogP contribution < -0.4 is 10.6 Å². The highest BCUT2D eigenvalue weighted by Crippen LogP contribution is 2.16. The Kier molecular flexibility index (Phi) is 11.0. The van der Waals surface area contributed by atoms with Gasteiger partial charge in [0.1, 0.15) is 0 Å². The molecule has 122 valence electrons. The molecule has 0 atom stereocenters. The quantitative estimate of drug-likeness (QED) is 0.305. The number of aliphatic imine (C=N–C) groups is 1. The number of hydrogen-bond acceptors (Lipinski definition) is 3. The van der Waals surface area contributed by atoms with Gasteiger partial charge in [-0.05, 0) is 32.6 Å². The van der Waals surface area contributed by atoms with E-state index in [1.165, 1.54) is 17.7 Å². The first-order chi connectivity index (χ1) is 9.52. The zero-order valence-corrected chi connectivity index (χ0v) is 17.0. The Balaban J connectivity index is 0.00000400. The second-order valence-electron chi connectivity index (χ2n) is 5.45. The number of nitrogens with one attached hydrogen (secondary N) is 2. The van der Waals surface area contributed by atoms with Gasteiger partial charge in [0.15, 0.2) is 5.96 Å². The van der Waals surface area contributed by atoms with Gasteiger partial charge in [0, 0.05) is 31.4 Å². The third kappa shape index (κ3) is 8.60. The average molecular weight is 424 g/mol. The Hall–Kier alpha value is -0.370. The van der Waals surface area contributed by atoms with Crippen LogP contribution in [0.5, 0.6) is 0 Å². The van der Waals surface area contributed by atoms with Gasteiger partial charge in [0.2, 0.25) is 0 Å². The van der Waals surface area contributed by atoms with Crippen LogP contribution in [0.15, 0.2) is 4.99 Å². The van der Waals surface area contributed by atoms with Crippen molar-refractivity contribution in [3.63, 3.8) is 0 Å². The van der Waals surface area contributed by atoms with Crippen LogP contribution in [-0.4, -0.2) is 31.1 Å². The van der Waals surface area contributed by atoms with Gasteiger partial charge in [-0.2, -0.15) is 0 Å². The molecule has 21 heavy (non-hydrogen) atoms. The first-order valence-corrected chi connectivity index (χ1v) is 8.22. The number of halogens is 1. The molecular formula is C15H29IN4S. The summed E-state index contributed by atoms with van der Waals surface area (Å²) in [6.07, 6.45) is 3.44. The van der Waals surface area contributed by atoms with Crippen LogP contribution in [0.3, 0.4) is 0 Å². The van der Waals surface area contributed by atoms with Gasteiger partial charge in [-0.3, -0.25) is 4.99 Å². The number of aryl methyl sites for hydroxylation is 2. The van der Waals surface area contributed by atoms with E-state index in [1.807, 2.05) is 7.05 Å². The van der Waals surface area contributed by atoms with Crippen LogP contribution >= 0.6 is 35.3 Å². The summed E-state index contributed by atoms with van der Waals surface area (Å²) in [4.78, 5) is 10.1. The predicted molar refractivity (Wildman–Crippen MR) is 104 cm³/mol. The smallest absolute Gasteiger partial charge is 0.190 e. The maximum atomic E-state index is 4.45. The number of hydrogen-bond donors (Lipinski definition) is 2. The van der Waals surface area contributed by atoms with Crippen LogP contribution in [0, 0.1) is 19.8 Å². The number of thiazole rings is 1. The molecule has 1 heterocycles. The van der Waals surface area contributed by atoms with Crippen molar-refractivity contribution in [1.82, 2.24) is 15.6 Å². The Labute approximate surface area is 150 Å². The molecule has 1 aromatic rings. The minimum atomic E-state index is 0. The van der Waals surface area contributed by atoms with Gasteiger partial charge >= 0.3 is 0 Å². The summed E-state index contributed by atoms with van der Waals surface area (Å²) < 4.78 is 0. The molecular weight excluding hydrogens is 395 g/mol. The van der Waals surface area contributed by atoms with Crippen molar-refractivity contribution in [1.29, 1.82) is 0 Å². The molecule has 0 saturated carbocycles. The van der Waals surface area contributed by atoms with Crippen LogP contribution in [-0.2, 0) is 6.42 Å². The predicted octanol–water partition coefficient (Wildman–Crippen LogP) is 3.52. The molecule has 6 heteroatoms. The molecule has 0 aliphatic heterocycles. The second kappa shape index (κ2) is 11.2. The van der Waals surface area contributed by atoms with E-state index < -0.39 is 0 Å². The molecule has 0 aliphatic rings. The molecule has 0 spiro atoms. The monoisotopic (exact) mass is 424 g/mol. The lowest BCUT2D eigenvalue weighted by Crippen LogP contribution is -2.38. The van der Waals surface area contributed by atoms with E-state index in [2.05, 4.69) is 48.3 Å². The van der Waals surface area contributed by atoms with Crippen LogP contribution in [0.2, 0.25) is 0 Å². The summed E-state index contributed by atoms with van der Waals surface area (Å²) in [5.74, 6) is 1.66. The van der Waals surface area contributed by atoms with Crippen molar-refractivity contribution in [2.45, 2.75) is 47.0 Å². The maximum absolute atomic E-state index is 4.45. The normalized spacial score (nSPS) is 11.4. The summed E-state index contributed by atoms with van der Waals surface area (Å²) in [6.45, 7) is 10.5. The summed E-state index contributed by atoms with van der Waals surface area (Å²) in [5, 5.41) is 7.86. The molecule has 0 aromatic carbocycles. The van der Waals surface area contributed by atoms with Gasteiger partial charge in [-0.25, -0.2) is 4.98 Å². The molecule has 2 N–H and O–H groups in total. The molecule has 0 fully saturated rings. The van der Waals surface area contributed by atoms with E-state index in [0.29, 0.717) is 0 Å². The van der Waals surface area contributed by atoms with Crippen molar-refractivity contribution < 1.29 is 0 Å².